The molecule has 0 fully saturated rings. The van der Waals surface area contributed by atoms with E-state index in [0.717, 1.165) is 19.6 Å². The lowest BCUT2D eigenvalue weighted by Crippen LogP contribution is -2.38. The minimum absolute atomic E-state index is 0.470. The first-order valence-electron chi connectivity index (χ1n) is 5.51. The molecule has 84 valence electrons. The second-order valence-corrected chi connectivity index (χ2v) is 3.76. The van der Waals surface area contributed by atoms with Gasteiger partial charge in [-0.05, 0) is 12.5 Å². The first-order valence-corrected chi connectivity index (χ1v) is 5.51. The molecule has 1 atom stereocenters. The zero-order chi connectivity index (χ0) is 10.9. The largest absolute Gasteiger partial charge is 0.329 e. The minimum atomic E-state index is 0.470. The van der Waals surface area contributed by atoms with E-state index < -0.39 is 0 Å². The van der Waals surface area contributed by atoms with Crippen LogP contribution in [0.25, 0.3) is 0 Å². The summed E-state index contributed by atoms with van der Waals surface area (Å²) in [7, 11) is 0. The zero-order valence-electron chi connectivity index (χ0n) is 9.37. The van der Waals surface area contributed by atoms with Gasteiger partial charge in [0.25, 0.3) is 0 Å². The third kappa shape index (κ3) is 5.52. The second-order valence-electron chi connectivity index (χ2n) is 3.76. The van der Waals surface area contributed by atoms with Gasteiger partial charge >= 0.3 is 0 Å². The van der Waals surface area contributed by atoms with E-state index in [0.29, 0.717) is 12.6 Å². The Balaban J connectivity index is 2.11. The standard InChI is InChI=1S/C12H21N3/c1-11(15-8-7-13)9-14-10-12-5-3-2-4-6-12/h2-6,11,14-15H,7-10,13H2,1H3. The van der Waals surface area contributed by atoms with Gasteiger partial charge in [-0.1, -0.05) is 30.3 Å². The van der Waals surface area contributed by atoms with E-state index in [1.807, 2.05) is 6.07 Å². The minimum Gasteiger partial charge on any atom is -0.329 e. The molecule has 0 saturated carbocycles. The van der Waals surface area contributed by atoms with Crippen LogP contribution in [0, 0.1) is 0 Å². The number of nitrogens with one attached hydrogen (secondary N) is 2. The molecule has 1 aromatic carbocycles. The molecule has 0 aliphatic heterocycles. The van der Waals surface area contributed by atoms with E-state index in [-0.39, 0.29) is 0 Å². The molecule has 0 aliphatic rings. The Kier molecular flexibility index (Phi) is 6.00. The van der Waals surface area contributed by atoms with Gasteiger partial charge in [0.2, 0.25) is 0 Å². The summed E-state index contributed by atoms with van der Waals surface area (Å²) in [6.45, 7) is 5.63. The lowest BCUT2D eigenvalue weighted by molar-refractivity contribution is 0.507. The molecule has 0 bridgehead atoms. The first kappa shape index (κ1) is 12.2. The average molecular weight is 207 g/mol. The average Bonchev–Trinajstić information content (AvgIpc) is 2.28. The van der Waals surface area contributed by atoms with Crippen LogP contribution in [0.3, 0.4) is 0 Å². The fourth-order valence-electron chi connectivity index (χ4n) is 1.43. The van der Waals surface area contributed by atoms with Crippen molar-refractivity contribution < 1.29 is 0 Å². The molecule has 1 aromatic rings. The number of rotatable bonds is 7. The van der Waals surface area contributed by atoms with Crippen LogP contribution in [0.4, 0.5) is 0 Å². The van der Waals surface area contributed by atoms with Gasteiger partial charge in [-0.25, -0.2) is 0 Å². The van der Waals surface area contributed by atoms with Gasteiger partial charge in [-0.3, -0.25) is 0 Å². The Morgan fingerprint density at radius 2 is 2.00 bits per heavy atom. The van der Waals surface area contributed by atoms with Crippen molar-refractivity contribution in [1.82, 2.24) is 10.6 Å². The maximum atomic E-state index is 5.41. The van der Waals surface area contributed by atoms with Crippen molar-refractivity contribution in [2.75, 3.05) is 19.6 Å². The highest BCUT2D eigenvalue weighted by molar-refractivity contribution is 5.14. The highest BCUT2D eigenvalue weighted by Crippen LogP contribution is 1.96. The summed E-state index contributed by atoms with van der Waals surface area (Å²) < 4.78 is 0. The Morgan fingerprint density at radius 1 is 1.27 bits per heavy atom. The van der Waals surface area contributed by atoms with Gasteiger partial charge in [-0.15, -0.1) is 0 Å². The molecular formula is C12H21N3. The Labute approximate surface area is 92.1 Å². The fourth-order valence-corrected chi connectivity index (χ4v) is 1.43. The second kappa shape index (κ2) is 7.40. The lowest BCUT2D eigenvalue weighted by Gasteiger charge is -2.13. The van der Waals surface area contributed by atoms with Crippen molar-refractivity contribution >= 4 is 0 Å². The normalized spacial score (nSPS) is 12.7. The van der Waals surface area contributed by atoms with Gasteiger partial charge in [0.15, 0.2) is 0 Å². The molecule has 0 amide bonds. The van der Waals surface area contributed by atoms with Crippen LogP contribution < -0.4 is 16.4 Å². The van der Waals surface area contributed by atoms with Crippen molar-refractivity contribution in [3.8, 4) is 0 Å². The number of hydrogen-bond acceptors (Lipinski definition) is 3. The Morgan fingerprint density at radius 3 is 2.67 bits per heavy atom. The Hall–Kier alpha value is -0.900. The molecule has 1 rings (SSSR count). The number of benzene rings is 1. The van der Waals surface area contributed by atoms with Crippen LogP contribution >= 0.6 is 0 Å². The molecule has 0 radical (unpaired) electrons. The zero-order valence-corrected chi connectivity index (χ0v) is 9.37. The third-order valence-corrected chi connectivity index (χ3v) is 2.26. The molecule has 0 aliphatic carbocycles. The molecule has 0 spiro atoms. The highest BCUT2D eigenvalue weighted by atomic mass is 15.0. The van der Waals surface area contributed by atoms with Gasteiger partial charge < -0.3 is 16.4 Å². The molecule has 3 heteroatoms. The predicted octanol–water partition coefficient (Wildman–Crippen LogP) is 0.713. The molecule has 0 heterocycles. The lowest BCUT2D eigenvalue weighted by atomic mass is 10.2. The number of nitrogens with two attached hydrogens (primary N) is 1. The molecule has 0 aromatic heterocycles. The molecule has 0 saturated heterocycles. The van der Waals surface area contributed by atoms with Crippen molar-refractivity contribution in [1.29, 1.82) is 0 Å². The van der Waals surface area contributed by atoms with Crippen LogP contribution in [-0.4, -0.2) is 25.7 Å². The van der Waals surface area contributed by atoms with E-state index in [9.17, 15) is 0 Å². The Bertz CT molecular complexity index is 248. The van der Waals surface area contributed by atoms with E-state index >= 15 is 0 Å². The summed E-state index contributed by atoms with van der Waals surface area (Å²) in [6, 6.07) is 10.9. The summed E-state index contributed by atoms with van der Waals surface area (Å²) in [4.78, 5) is 0. The first-order chi connectivity index (χ1) is 7.33. The van der Waals surface area contributed by atoms with Crippen LogP contribution in [-0.2, 0) is 6.54 Å². The topological polar surface area (TPSA) is 50.1 Å². The summed E-state index contributed by atoms with van der Waals surface area (Å²) in [5.41, 5.74) is 6.74. The molecule has 15 heavy (non-hydrogen) atoms. The van der Waals surface area contributed by atoms with Gasteiger partial charge in [0.1, 0.15) is 0 Å². The van der Waals surface area contributed by atoms with Gasteiger partial charge in [0, 0.05) is 32.2 Å². The molecular weight excluding hydrogens is 186 g/mol. The van der Waals surface area contributed by atoms with Crippen LogP contribution in [0.1, 0.15) is 12.5 Å². The van der Waals surface area contributed by atoms with Crippen molar-refractivity contribution in [2.24, 2.45) is 5.73 Å². The van der Waals surface area contributed by atoms with E-state index in [4.69, 9.17) is 5.73 Å². The van der Waals surface area contributed by atoms with E-state index in [2.05, 4.69) is 41.8 Å². The summed E-state index contributed by atoms with van der Waals surface area (Å²) in [6.07, 6.45) is 0. The SMILES string of the molecule is CC(CNCc1ccccc1)NCCN. The summed E-state index contributed by atoms with van der Waals surface area (Å²) in [5.74, 6) is 0. The molecule has 4 N–H and O–H groups in total. The van der Waals surface area contributed by atoms with E-state index in [1.54, 1.807) is 0 Å². The van der Waals surface area contributed by atoms with Gasteiger partial charge in [-0.2, -0.15) is 0 Å². The van der Waals surface area contributed by atoms with Crippen LogP contribution in [0.5, 0.6) is 0 Å². The van der Waals surface area contributed by atoms with Crippen LogP contribution in [0.2, 0.25) is 0 Å². The number of hydrogen-bond donors (Lipinski definition) is 3. The summed E-state index contributed by atoms with van der Waals surface area (Å²) >= 11 is 0. The summed E-state index contributed by atoms with van der Waals surface area (Å²) in [5, 5.41) is 6.74. The maximum Gasteiger partial charge on any atom is 0.0206 e. The van der Waals surface area contributed by atoms with Gasteiger partial charge in [0.05, 0.1) is 0 Å². The van der Waals surface area contributed by atoms with Crippen molar-refractivity contribution in [2.45, 2.75) is 19.5 Å². The smallest absolute Gasteiger partial charge is 0.0206 e. The van der Waals surface area contributed by atoms with Crippen molar-refractivity contribution in [3.63, 3.8) is 0 Å². The third-order valence-electron chi connectivity index (χ3n) is 2.26. The maximum absolute atomic E-state index is 5.41. The molecule has 1 unspecified atom stereocenters. The predicted molar refractivity (Wildman–Crippen MR) is 64.7 cm³/mol. The highest BCUT2D eigenvalue weighted by Gasteiger charge is 1.98. The quantitative estimate of drug-likeness (QED) is 0.617. The van der Waals surface area contributed by atoms with Crippen molar-refractivity contribution in [3.05, 3.63) is 35.9 Å². The molecule has 3 nitrogen and oxygen atoms in total. The van der Waals surface area contributed by atoms with E-state index in [1.165, 1.54) is 5.56 Å². The monoisotopic (exact) mass is 207 g/mol. The fraction of sp³-hybridized carbons (Fsp3) is 0.500. The van der Waals surface area contributed by atoms with Crippen LogP contribution in [0.15, 0.2) is 30.3 Å².